The zero-order chi connectivity index (χ0) is 18.4. The van der Waals surface area contributed by atoms with E-state index in [9.17, 15) is 19.1 Å². The van der Waals surface area contributed by atoms with Gasteiger partial charge in [-0.2, -0.15) is 0 Å². The van der Waals surface area contributed by atoms with Crippen molar-refractivity contribution in [1.29, 1.82) is 0 Å². The van der Waals surface area contributed by atoms with Crippen LogP contribution in [0.5, 0.6) is 5.75 Å². The number of halogens is 1. The fraction of sp³-hybridized carbons (Fsp3) is 0.105. The molecule has 3 heterocycles. The lowest BCUT2D eigenvalue weighted by atomic mass is 10.1. The van der Waals surface area contributed by atoms with Gasteiger partial charge in [0.15, 0.2) is 5.58 Å². The van der Waals surface area contributed by atoms with Crippen LogP contribution in [0.4, 0.5) is 4.39 Å². The summed E-state index contributed by atoms with van der Waals surface area (Å²) in [5.41, 5.74) is 0.378. The number of fused-ring (bicyclic) bond motifs is 3. The highest BCUT2D eigenvalue weighted by Gasteiger charge is 2.18. The van der Waals surface area contributed by atoms with E-state index in [0.717, 1.165) is 6.07 Å². The van der Waals surface area contributed by atoms with E-state index in [1.54, 1.807) is 31.2 Å². The molecule has 0 aliphatic rings. The minimum Gasteiger partial charge on any atom is -0.507 e. The first-order valence-corrected chi connectivity index (χ1v) is 7.85. The fourth-order valence-electron chi connectivity index (χ4n) is 2.95. The molecular formula is C19H13FN2O4. The second-order valence-corrected chi connectivity index (χ2v) is 6.00. The Morgan fingerprint density at radius 2 is 1.88 bits per heavy atom. The van der Waals surface area contributed by atoms with Crippen LogP contribution in [0.3, 0.4) is 0 Å². The molecule has 130 valence electrons. The van der Waals surface area contributed by atoms with Gasteiger partial charge in [0.1, 0.15) is 22.6 Å². The van der Waals surface area contributed by atoms with E-state index in [2.05, 4.69) is 4.98 Å². The molecular weight excluding hydrogens is 339 g/mol. The van der Waals surface area contributed by atoms with Gasteiger partial charge >= 0.3 is 5.63 Å². The molecule has 0 bridgehead atoms. The van der Waals surface area contributed by atoms with E-state index in [4.69, 9.17) is 4.42 Å². The molecule has 0 fully saturated rings. The zero-order valence-electron chi connectivity index (χ0n) is 13.7. The van der Waals surface area contributed by atoms with Gasteiger partial charge in [-0.15, -0.1) is 0 Å². The molecule has 3 aromatic heterocycles. The lowest BCUT2D eigenvalue weighted by Crippen LogP contribution is -2.23. The van der Waals surface area contributed by atoms with Crippen LogP contribution in [0.1, 0.15) is 11.3 Å². The van der Waals surface area contributed by atoms with Crippen molar-refractivity contribution in [3.63, 3.8) is 0 Å². The Hall–Kier alpha value is -3.48. The number of aromatic hydroxyl groups is 1. The molecule has 0 saturated heterocycles. The molecule has 26 heavy (non-hydrogen) atoms. The number of benzene rings is 1. The van der Waals surface area contributed by atoms with E-state index in [-0.39, 0.29) is 23.3 Å². The number of hydrogen-bond donors (Lipinski definition) is 1. The van der Waals surface area contributed by atoms with Crippen LogP contribution in [-0.2, 0) is 6.54 Å². The number of aromatic nitrogens is 2. The van der Waals surface area contributed by atoms with E-state index in [1.165, 1.54) is 16.7 Å². The predicted molar refractivity (Wildman–Crippen MR) is 93.9 cm³/mol. The monoisotopic (exact) mass is 352 g/mol. The summed E-state index contributed by atoms with van der Waals surface area (Å²) in [7, 11) is 0. The van der Waals surface area contributed by atoms with Crippen LogP contribution in [0, 0.1) is 12.7 Å². The average molecular weight is 352 g/mol. The van der Waals surface area contributed by atoms with Crippen LogP contribution >= 0.6 is 0 Å². The first kappa shape index (κ1) is 16.0. The summed E-state index contributed by atoms with van der Waals surface area (Å²) in [6, 6.07) is 10.0. The Kier molecular flexibility index (Phi) is 3.57. The van der Waals surface area contributed by atoms with Crippen molar-refractivity contribution in [3.05, 3.63) is 80.3 Å². The Labute approximate surface area is 145 Å². The number of rotatable bonds is 2. The van der Waals surface area contributed by atoms with Crippen LogP contribution in [-0.4, -0.2) is 14.7 Å². The Morgan fingerprint density at radius 1 is 1.15 bits per heavy atom. The third-order valence-corrected chi connectivity index (χ3v) is 4.17. The minimum absolute atomic E-state index is 0.00199. The van der Waals surface area contributed by atoms with E-state index in [0.29, 0.717) is 22.3 Å². The molecule has 1 aromatic carbocycles. The van der Waals surface area contributed by atoms with Gasteiger partial charge in [-0.3, -0.25) is 9.36 Å². The summed E-state index contributed by atoms with van der Waals surface area (Å²) >= 11 is 0. The minimum atomic E-state index is -0.757. The van der Waals surface area contributed by atoms with E-state index in [1.807, 2.05) is 0 Å². The smallest absolute Gasteiger partial charge is 0.339 e. The van der Waals surface area contributed by atoms with Crippen LogP contribution in [0.25, 0.3) is 22.0 Å². The first-order valence-electron chi connectivity index (χ1n) is 7.85. The fourth-order valence-corrected chi connectivity index (χ4v) is 2.95. The van der Waals surface area contributed by atoms with Crippen molar-refractivity contribution in [2.45, 2.75) is 13.5 Å². The van der Waals surface area contributed by atoms with E-state index < -0.39 is 16.9 Å². The molecule has 0 amide bonds. The molecule has 0 radical (unpaired) electrons. The van der Waals surface area contributed by atoms with Crippen molar-refractivity contribution in [1.82, 2.24) is 9.55 Å². The lowest BCUT2D eigenvalue weighted by molar-refractivity contribution is 0.467. The summed E-state index contributed by atoms with van der Waals surface area (Å²) in [6.07, 6.45) is 0. The highest BCUT2D eigenvalue weighted by molar-refractivity contribution is 6.02. The van der Waals surface area contributed by atoms with Gasteiger partial charge in [0.25, 0.3) is 5.56 Å². The maximum absolute atomic E-state index is 13.2. The van der Waals surface area contributed by atoms with Crippen LogP contribution in [0.15, 0.2) is 56.5 Å². The summed E-state index contributed by atoms with van der Waals surface area (Å²) < 4.78 is 19.7. The molecule has 0 spiro atoms. The summed E-state index contributed by atoms with van der Waals surface area (Å²) in [5.74, 6) is -0.825. The van der Waals surface area contributed by atoms with Crippen molar-refractivity contribution in [3.8, 4) is 5.75 Å². The molecule has 6 nitrogen and oxygen atoms in total. The van der Waals surface area contributed by atoms with Crippen molar-refractivity contribution in [2.24, 2.45) is 0 Å². The summed E-state index contributed by atoms with van der Waals surface area (Å²) in [5, 5.41) is 10.5. The number of nitrogens with zero attached hydrogens (tertiary/aromatic N) is 2. The maximum atomic E-state index is 13.2. The van der Waals surface area contributed by atoms with Gasteiger partial charge in [0, 0.05) is 5.69 Å². The van der Waals surface area contributed by atoms with Gasteiger partial charge in [0.05, 0.1) is 18.0 Å². The Morgan fingerprint density at radius 3 is 2.62 bits per heavy atom. The van der Waals surface area contributed by atoms with Crippen molar-refractivity contribution >= 4 is 22.0 Å². The van der Waals surface area contributed by atoms with Crippen LogP contribution in [0.2, 0.25) is 0 Å². The van der Waals surface area contributed by atoms with Crippen molar-refractivity contribution in [2.75, 3.05) is 0 Å². The largest absolute Gasteiger partial charge is 0.507 e. The number of hydrogen-bond acceptors (Lipinski definition) is 5. The van der Waals surface area contributed by atoms with Gasteiger partial charge in [-0.1, -0.05) is 12.1 Å². The third-order valence-electron chi connectivity index (χ3n) is 4.17. The number of pyridine rings is 2. The molecule has 4 rings (SSSR count). The van der Waals surface area contributed by atoms with E-state index >= 15 is 0 Å². The molecule has 0 unspecified atom stereocenters. The molecule has 0 atom stereocenters. The Bertz CT molecular complexity index is 1270. The molecule has 0 aliphatic carbocycles. The second-order valence-electron chi connectivity index (χ2n) is 6.00. The zero-order valence-corrected chi connectivity index (χ0v) is 13.7. The quantitative estimate of drug-likeness (QED) is 0.561. The predicted octanol–water partition coefficient (Wildman–Crippen LogP) is 2.70. The van der Waals surface area contributed by atoms with Gasteiger partial charge in [0.2, 0.25) is 0 Å². The molecule has 0 aliphatic heterocycles. The summed E-state index contributed by atoms with van der Waals surface area (Å²) in [6.45, 7) is 1.90. The normalized spacial score (nSPS) is 11.3. The second kappa shape index (κ2) is 5.80. The van der Waals surface area contributed by atoms with Gasteiger partial charge in [-0.25, -0.2) is 14.2 Å². The topological polar surface area (TPSA) is 85.3 Å². The highest BCUT2D eigenvalue weighted by atomic mass is 19.1. The first-order chi connectivity index (χ1) is 12.4. The van der Waals surface area contributed by atoms with Crippen LogP contribution < -0.4 is 11.2 Å². The molecule has 4 aromatic rings. The molecule has 7 heteroatoms. The number of aryl methyl sites for hydroxylation is 1. The molecule has 1 N–H and O–H groups in total. The maximum Gasteiger partial charge on any atom is 0.339 e. The molecule has 0 saturated carbocycles. The van der Waals surface area contributed by atoms with Gasteiger partial charge in [-0.05, 0) is 36.8 Å². The summed E-state index contributed by atoms with van der Waals surface area (Å²) in [4.78, 5) is 29.0. The Balaban J connectivity index is 2.11. The van der Waals surface area contributed by atoms with Crippen molar-refractivity contribution < 1.29 is 13.9 Å². The third kappa shape index (κ3) is 2.54. The highest BCUT2D eigenvalue weighted by Crippen LogP contribution is 2.26. The standard InChI is InChI=1S/C19H13FN2O4/c1-10-2-7-13-17-16(14(23)8-15(24)26-17)19(25)22(18(13)21-10)9-11-3-5-12(20)6-4-11/h2-8,23H,9H2,1H3. The van der Waals surface area contributed by atoms with Gasteiger partial charge < -0.3 is 9.52 Å². The average Bonchev–Trinajstić information content (AvgIpc) is 2.59. The lowest BCUT2D eigenvalue weighted by Gasteiger charge is -2.12. The SMILES string of the molecule is Cc1ccc2c3oc(=O)cc(O)c3c(=O)n(Cc3ccc(F)cc3)c2n1.